The Labute approximate surface area is 107 Å². The Kier molecular flexibility index (Phi) is 2.52. The molecule has 0 atom stereocenters. The van der Waals surface area contributed by atoms with E-state index in [-0.39, 0.29) is 5.82 Å². The fraction of sp³-hybridized carbons (Fsp3) is 0.167. The van der Waals surface area contributed by atoms with Crippen molar-refractivity contribution in [2.75, 3.05) is 7.11 Å². The number of aromatic nitrogens is 3. The molecule has 2 heterocycles. The Bertz CT molecular complexity index is 688. The third-order valence-corrected chi connectivity index (χ3v) is 3.43. The quantitative estimate of drug-likeness (QED) is 0.713. The van der Waals surface area contributed by atoms with Crippen LogP contribution in [-0.2, 0) is 0 Å². The van der Waals surface area contributed by atoms with E-state index in [4.69, 9.17) is 4.74 Å². The minimum atomic E-state index is -0.350. The van der Waals surface area contributed by atoms with Crippen LogP contribution in [0.25, 0.3) is 16.2 Å². The molecule has 0 aliphatic carbocycles. The molecule has 4 nitrogen and oxygen atoms in total. The van der Waals surface area contributed by atoms with Crippen molar-refractivity contribution < 1.29 is 9.13 Å². The van der Waals surface area contributed by atoms with E-state index in [0.717, 1.165) is 9.97 Å². The van der Waals surface area contributed by atoms with Crippen molar-refractivity contribution in [3.05, 3.63) is 35.2 Å². The van der Waals surface area contributed by atoms with Gasteiger partial charge in [0.1, 0.15) is 16.6 Å². The average molecular weight is 263 g/mol. The molecule has 18 heavy (non-hydrogen) atoms. The molecule has 0 bridgehead atoms. The van der Waals surface area contributed by atoms with Crippen LogP contribution in [-0.4, -0.2) is 21.7 Å². The lowest BCUT2D eigenvalue weighted by atomic mass is 10.1. The van der Waals surface area contributed by atoms with Crippen LogP contribution in [0.4, 0.5) is 4.39 Å². The van der Waals surface area contributed by atoms with Gasteiger partial charge in [-0.25, -0.2) is 13.9 Å². The molecule has 0 amide bonds. The number of imidazole rings is 1. The maximum Gasteiger partial charge on any atom is 0.212 e. The molecule has 0 N–H and O–H groups in total. The molecule has 3 aromatic rings. The van der Waals surface area contributed by atoms with Crippen molar-refractivity contribution >= 4 is 16.3 Å². The molecular formula is C12H10FN3OS. The van der Waals surface area contributed by atoms with Gasteiger partial charge in [-0.15, -0.1) is 0 Å². The third kappa shape index (κ3) is 1.65. The number of hydrogen-bond acceptors (Lipinski definition) is 4. The van der Waals surface area contributed by atoms with Gasteiger partial charge in [-0.3, -0.25) is 0 Å². The number of nitrogens with zero attached hydrogens (tertiary/aromatic N) is 3. The molecule has 1 aromatic carbocycles. The summed E-state index contributed by atoms with van der Waals surface area (Å²) in [4.78, 5) is 5.12. The highest BCUT2D eigenvalue weighted by atomic mass is 32.1. The zero-order chi connectivity index (χ0) is 12.7. The topological polar surface area (TPSA) is 39.4 Å². The largest absolute Gasteiger partial charge is 0.496 e. The molecule has 0 aliphatic heterocycles. The molecule has 0 aliphatic rings. The van der Waals surface area contributed by atoms with Crippen molar-refractivity contribution in [2.24, 2.45) is 0 Å². The second-order valence-electron chi connectivity index (χ2n) is 3.79. The van der Waals surface area contributed by atoms with E-state index in [1.807, 2.05) is 6.92 Å². The number of methoxy groups -OCH3 is 1. The van der Waals surface area contributed by atoms with E-state index in [9.17, 15) is 4.39 Å². The average Bonchev–Trinajstić information content (AvgIpc) is 2.85. The molecule has 92 valence electrons. The second kappa shape index (κ2) is 4.06. The Morgan fingerprint density at radius 1 is 1.39 bits per heavy atom. The number of benzene rings is 1. The molecule has 0 saturated heterocycles. The SMILES string of the molecule is COc1cccc(F)c1-c1cn2nc(C)sc2n1. The van der Waals surface area contributed by atoms with Crippen LogP contribution in [0.2, 0.25) is 0 Å². The summed E-state index contributed by atoms with van der Waals surface area (Å²) in [5.41, 5.74) is 0.902. The van der Waals surface area contributed by atoms with Gasteiger partial charge in [0.25, 0.3) is 0 Å². The molecule has 3 rings (SSSR count). The zero-order valence-corrected chi connectivity index (χ0v) is 10.7. The van der Waals surface area contributed by atoms with Crippen molar-refractivity contribution in [2.45, 2.75) is 6.92 Å². The van der Waals surface area contributed by atoms with Gasteiger partial charge < -0.3 is 4.74 Å². The van der Waals surface area contributed by atoms with E-state index >= 15 is 0 Å². The zero-order valence-electron chi connectivity index (χ0n) is 9.85. The van der Waals surface area contributed by atoms with Gasteiger partial charge in [-0.2, -0.15) is 5.10 Å². The summed E-state index contributed by atoms with van der Waals surface area (Å²) in [7, 11) is 1.51. The highest BCUT2D eigenvalue weighted by molar-refractivity contribution is 7.16. The van der Waals surface area contributed by atoms with Crippen LogP contribution >= 0.6 is 11.3 Å². The number of halogens is 1. The predicted molar refractivity (Wildman–Crippen MR) is 67.5 cm³/mol. The first-order valence-electron chi connectivity index (χ1n) is 5.34. The molecule has 0 fully saturated rings. The lowest BCUT2D eigenvalue weighted by molar-refractivity contribution is 0.413. The minimum absolute atomic E-state index is 0.350. The van der Waals surface area contributed by atoms with Crippen LogP contribution in [0.15, 0.2) is 24.4 Å². The van der Waals surface area contributed by atoms with E-state index in [0.29, 0.717) is 17.0 Å². The van der Waals surface area contributed by atoms with Gasteiger partial charge in [0.05, 0.1) is 24.6 Å². The highest BCUT2D eigenvalue weighted by Gasteiger charge is 2.16. The molecule has 6 heteroatoms. The maximum absolute atomic E-state index is 13.9. The summed E-state index contributed by atoms with van der Waals surface area (Å²) < 4.78 is 20.7. The Balaban J connectivity index is 2.22. The van der Waals surface area contributed by atoms with E-state index in [1.165, 1.54) is 24.5 Å². The first-order chi connectivity index (χ1) is 8.69. The van der Waals surface area contributed by atoms with Crippen LogP contribution in [0.1, 0.15) is 5.01 Å². The predicted octanol–water partition coefficient (Wildman–Crippen LogP) is 2.91. The summed E-state index contributed by atoms with van der Waals surface area (Å²) in [6.07, 6.45) is 1.71. The minimum Gasteiger partial charge on any atom is -0.496 e. The van der Waals surface area contributed by atoms with Crippen LogP contribution in [0.3, 0.4) is 0 Å². The van der Waals surface area contributed by atoms with Crippen molar-refractivity contribution in [3.63, 3.8) is 0 Å². The first kappa shape index (κ1) is 11.2. The molecular weight excluding hydrogens is 253 g/mol. The van der Waals surface area contributed by atoms with Crippen LogP contribution in [0, 0.1) is 12.7 Å². The fourth-order valence-corrected chi connectivity index (χ4v) is 2.57. The first-order valence-corrected chi connectivity index (χ1v) is 6.16. The molecule has 0 radical (unpaired) electrons. The van der Waals surface area contributed by atoms with Gasteiger partial charge >= 0.3 is 0 Å². The van der Waals surface area contributed by atoms with Gasteiger partial charge in [0.15, 0.2) is 0 Å². The Morgan fingerprint density at radius 3 is 2.94 bits per heavy atom. The van der Waals surface area contributed by atoms with E-state index in [1.54, 1.807) is 22.8 Å². The van der Waals surface area contributed by atoms with Crippen molar-refractivity contribution in [1.29, 1.82) is 0 Å². The number of hydrogen-bond donors (Lipinski definition) is 0. The number of rotatable bonds is 2. The van der Waals surface area contributed by atoms with Gasteiger partial charge in [-0.1, -0.05) is 17.4 Å². The van der Waals surface area contributed by atoms with Gasteiger partial charge in [-0.05, 0) is 19.1 Å². The fourth-order valence-electron chi connectivity index (χ4n) is 1.84. The normalized spacial score (nSPS) is 11.1. The standard InChI is InChI=1S/C12H10FN3OS/c1-7-15-16-6-9(14-12(16)18-7)11-8(13)4-3-5-10(11)17-2/h3-6H,1-2H3. The lowest BCUT2D eigenvalue weighted by Crippen LogP contribution is -1.91. The summed E-state index contributed by atoms with van der Waals surface area (Å²) >= 11 is 1.46. The molecule has 2 aromatic heterocycles. The van der Waals surface area contributed by atoms with Crippen LogP contribution < -0.4 is 4.74 Å². The third-order valence-electron chi connectivity index (χ3n) is 2.60. The summed E-state index contributed by atoms with van der Waals surface area (Å²) in [6, 6.07) is 4.72. The smallest absolute Gasteiger partial charge is 0.212 e. The van der Waals surface area contributed by atoms with Gasteiger partial charge in [0, 0.05) is 0 Å². The molecule has 0 spiro atoms. The van der Waals surface area contributed by atoms with Crippen LogP contribution in [0.5, 0.6) is 5.75 Å². The molecule has 0 saturated carbocycles. The number of fused-ring (bicyclic) bond motifs is 1. The highest BCUT2D eigenvalue weighted by Crippen LogP contribution is 2.32. The van der Waals surface area contributed by atoms with Crippen molar-refractivity contribution in [3.8, 4) is 17.0 Å². The Hall–Kier alpha value is -1.95. The van der Waals surface area contributed by atoms with E-state index in [2.05, 4.69) is 10.1 Å². The van der Waals surface area contributed by atoms with Crippen molar-refractivity contribution in [1.82, 2.24) is 14.6 Å². The summed E-state index contributed by atoms with van der Waals surface area (Å²) in [5, 5.41) is 5.17. The Morgan fingerprint density at radius 2 is 2.22 bits per heavy atom. The van der Waals surface area contributed by atoms with Gasteiger partial charge in [0.2, 0.25) is 4.96 Å². The number of ether oxygens (including phenoxy) is 1. The van der Waals surface area contributed by atoms with E-state index < -0.39 is 0 Å². The molecule has 0 unspecified atom stereocenters. The summed E-state index contributed by atoms with van der Waals surface area (Å²) in [6.45, 7) is 1.91. The number of aryl methyl sites for hydroxylation is 1. The lowest BCUT2D eigenvalue weighted by Gasteiger charge is -2.06. The summed E-state index contributed by atoms with van der Waals surface area (Å²) in [5.74, 6) is 0.120. The monoisotopic (exact) mass is 263 g/mol. The maximum atomic E-state index is 13.9. The second-order valence-corrected chi connectivity index (χ2v) is 4.95.